The van der Waals surface area contributed by atoms with E-state index in [1.807, 2.05) is 42.5 Å². The molecular formula is C24H22N4O4S. The Bertz CT molecular complexity index is 1380. The summed E-state index contributed by atoms with van der Waals surface area (Å²) in [5, 5.41) is 3.26. The summed E-state index contributed by atoms with van der Waals surface area (Å²) in [5.74, 6) is -1.27. The first-order valence-corrected chi connectivity index (χ1v) is 11.1. The molecule has 1 unspecified atom stereocenters. The quantitative estimate of drug-likeness (QED) is 0.348. The molecule has 1 amide bonds. The lowest BCUT2D eigenvalue weighted by atomic mass is 10.3. The number of nitrogens with one attached hydrogen (secondary N) is 1. The molecule has 0 spiro atoms. The highest BCUT2D eigenvalue weighted by atomic mass is 32.1. The molecule has 0 radical (unpaired) electrons. The zero-order valence-corrected chi connectivity index (χ0v) is 19.1. The smallest absolute Gasteiger partial charge is 0.331 e. The van der Waals surface area contributed by atoms with Gasteiger partial charge >= 0.3 is 5.97 Å². The first-order valence-electron chi connectivity index (χ1n) is 10.2. The van der Waals surface area contributed by atoms with Crippen molar-refractivity contribution in [3.8, 4) is 5.69 Å². The second kappa shape index (κ2) is 9.25. The van der Waals surface area contributed by atoms with E-state index < -0.39 is 18.0 Å². The molecule has 1 N–H and O–H groups in total. The third-order valence-electron chi connectivity index (χ3n) is 5.14. The predicted molar refractivity (Wildman–Crippen MR) is 129 cm³/mol. The highest BCUT2D eigenvalue weighted by molar-refractivity contribution is 7.19. The number of nitrogens with zero attached hydrogens (tertiary/aromatic N) is 3. The maximum atomic E-state index is 12.9. The van der Waals surface area contributed by atoms with Gasteiger partial charge in [0.05, 0.1) is 21.6 Å². The van der Waals surface area contributed by atoms with Gasteiger partial charge in [-0.3, -0.25) is 14.3 Å². The van der Waals surface area contributed by atoms with E-state index in [1.54, 1.807) is 36.9 Å². The van der Waals surface area contributed by atoms with Crippen LogP contribution in [0.2, 0.25) is 0 Å². The fourth-order valence-corrected chi connectivity index (χ4v) is 4.18. The Kier molecular flexibility index (Phi) is 6.23. The molecule has 0 fully saturated rings. The van der Waals surface area contributed by atoms with Crippen molar-refractivity contribution in [1.29, 1.82) is 0 Å². The molecule has 0 bridgehead atoms. The minimum atomic E-state index is -1.10. The summed E-state index contributed by atoms with van der Waals surface area (Å²) in [6.45, 7) is 3.18. The Morgan fingerprint density at radius 1 is 1.12 bits per heavy atom. The second-order valence-electron chi connectivity index (χ2n) is 7.36. The molecule has 8 nitrogen and oxygen atoms in total. The molecule has 0 aliphatic rings. The summed E-state index contributed by atoms with van der Waals surface area (Å²) in [4.78, 5) is 42.2. The zero-order chi connectivity index (χ0) is 23.5. The van der Waals surface area contributed by atoms with E-state index in [-0.39, 0.29) is 11.2 Å². The lowest BCUT2D eigenvalue weighted by Gasteiger charge is -2.11. The van der Waals surface area contributed by atoms with Crippen molar-refractivity contribution in [2.45, 2.75) is 20.0 Å². The number of esters is 1. The van der Waals surface area contributed by atoms with Gasteiger partial charge in [0.1, 0.15) is 10.7 Å². The summed E-state index contributed by atoms with van der Waals surface area (Å²) in [7, 11) is 1.73. The SMILES string of the molecule is Cc1c(NC(=O)C(C)OC(=O)/C=C/c2nc3ccccc3s2)c(=O)n(-c2ccccc2)n1C. The molecule has 2 heterocycles. The average Bonchev–Trinajstić information content (AvgIpc) is 3.32. The fraction of sp³-hybridized carbons (Fsp3) is 0.167. The molecule has 33 heavy (non-hydrogen) atoms. The van der Waals surface area contributed by atoms with Gasteiger partial charge in [0.2, 0.25) is 0 Å². The van der Waals surface area contributed by atoms with Crippen molar-refractivity contribution in [3.05, 3.63) is 81.7 Å². The number of benzene rings is 2. The fourth-order valence-electron chi connectivity index (χ4n) is 3.30. The number of carbonyl (C=O) groups is 2. The third-order valence-corrected chi connectivity index (χ3v) is 6.14. The predicted octanol–water partition coefficient (Wildman–Crippen LogP) is 3.68. The van der Waals surface area contributed by atoms with Crippen molar-refractivity contribution in [2.24, 2.45) is 7.05 Å². The van der Waals surface area contributed by atoms with Gasteiger partial charge < -0.3 is 10.1 Å². The summed E-state index contributed by atoms with van der Waals surface area (Å²) in [6, 6.07) is 16.8. The summed E-state index contributed by atoms with van der Waals surface area (Å²) in [6.07, 6.45) is 1.69. The zero-order valence-electron chi connectivity index (χ0n) is 18.3. The molecule has 9 heteroatoms. The van der Waals surface area contributed by atoms with Crippen LogP contribution in [-0.4, -0.2) is 32.3 Å². The van der Waals surface area contributed by atoms with Crippen molar-refractivity contribution >= 4 is 45.2 Å². The minimum Gasteiger partial charge on any atom is -0.449 e. The highest BCUT2D eigenvalue weighted by Gasteiger charge is 2.22. The lowest BCUT2D eigenvalue weighted by Crippen LogP contribution is -2.31. The summed E-state index contributed by atoms with van der Waals surface area (Å²) >= 11 is 1.45. The molecule has 1 atom stereocenters. The molecule has 4 aromatic rings. The summed E-state index contributed by atoms with van der Waals surface area (Å²) < 4.78 is 9.33. The standard InChI is InChI=1S/C24H22N4O4S/c1-15-22(24(31)28(27(15)3)17-9-5-4-6-10-17)26-23(30)16(2)32-21(29)14-13-20-25-18-11-7-8-12-19(18)33-20/h4-14,16H,1-3H3,(H,26,30)/b14-13+. The molecule has 168 valence electrons. The molecule has 0 aliphatic heterocycles. The maximum Gasteiger partial charge on any atom is 0.331 e. The van der Waals surface area contributed by atoms with Crippen LogP contribution in [0.4, 0.5) is 5.69 Å². The van der Waals surface area contributed by atoms with Crippen LogP contribution in [0, 0.1) is 6.92 Å². The molecule has 2 aromatic heterocycles. The lowest BCUT2D eigenvalue weighted by molar-refractivity contribution is -0.148. The van der Waals surface area contributed by atoms with Crippen LogP contribution < -0.4 is 10.9 Å². The number of fused-ring (bicyclic) bond motifs is 1. The Labute approximate surface area is 193 Å². The van der Waals surface area contributed by atoms with Crippen molar-refractivity contribution < 1.29 is 14.3 Å². The third kappa shape index (κ3) is 4.63. The Hall–Kier alpha value is -3.98. The number of ether oxygens (including phenoxy) is 1. The molecular weight excluding hydrogens is 440 g/mol. The van der Waals surface area contributed by atoms with E-state index >= 15 is 0 Å². The minimum absolute atomic E-state index is 0.138. The largest absolute Gasteiger partial charge is 0.449 e. The van der Waals surface area contributed by atoms with Crippen LogP contribution in [-0.2, 0) is 21.4 Å². The van der Waals surface area contributed by atoms with Gasteiger partial charge in [-0.1, -0.05) is 30.3 Å². The van der Waals surface area contributed by atoms with Gasteiger partial charge in [-0.05, 0) is 44.2 Å². The molecule has 4 rings (SSSR count). The van der Waals surface area contributed by atoms with Gasteiger partial charge in [0, 0.05) is 13.1 Å². The van der Waals surface area contributed by atoms with Crippen molar-refractivity contribution in [1.82, 2.24) is 14.3 Å². The number of thiazole rings is 1. The van der Waals surface area contributed by atoms with Crippen LogP contribution in [0.15, 0.2) is 65.5 Å². The second-order valence-corrected chi connectivity index (χ2v) is 8.42. The average molecular weight is 463 g/mol. The van der Waals surface area contributed by atoms with Gasteiger partial charge in [-0.15, -0.1) is 11.3 Å². The van der Waals surface area contributed by atoms with Crippen LogP contribution in [0.5, 0.6) is 0 Å². The van der Waals surface area contributed by atoms with Gasteiger partial charge in [0.25, 0.3) is 11.5 Å². The molecule has 0 aliphatic carbocycles. The van der Waals surface area contributed by atoms with E-state index in [0.717, 1.165) is 10.2 Å². The highest BCUT2D eigenvalue weighted by Crippen LogP contribution is 2.22. The first-order chi connectivity index (χ1) is 15.8. The first kappa shape index (κ1) is 22.2. The number of hydrogen-bond donors (Lipinski definition) is 1. The molecule has 0 saturated carbocycles. The van der Waals surface area contributed by atoms with E-state index in [2.05, 4.69) is 10.3 Å². The van der Waals surface area contributed by atoms with Crippen LogP contribution in [0.1, 0.15) is 17.6 Å². The van der Waals surface area contributed by atoms with E-state index in [0.29, 0.717) is 16.4 Å². The Balaban J connectivity index is 1.43. The number of hydrogen-bond acceptors (Lipinski definition) is 6. The Morgan fingerprint density at radius 3 is 2.55 bits per heavy atom. The number of aromatic nitrogens is 3. The van der Waals surface area contributed by atoms with Crippen LogP contribution in [0.25, 0.3) is 22.0 Å². The van der Waals surface area contributed by atoms with E-state index in [9.17, 15) is 14.4 Å². The number of amides is 1. The van der Waals surface area contributed by atoms with Gasteiger partial charge in [-0.25, -0.2) is 14.5 Å². The normalized spacial score (nSPS) is 12.2. The number of carbonyl (C=O) groups excluding carboxylic acids is 2. The van der Waals surface area contributed by atoms with Gasteiger partial charge in [0.15, 0.2) is 6.10 Å². The van der Waals surface area contributed by atoms with E-state index in [4.69, 9.17) is 4.74 Å². The van der Waals surface area contributed by atoms with Crippen LogP contribution >= 0.6 is 11.3 Å². The van der Waals surface area contributed by atoms with Crippen molar-refractivity contribution in [3.63, 3.8) is 0 Å². The number of rotatable bonds is 6. The number of para-hydroxylation sites is 2. The van der Waals surface area contributed by atoms with E-state index in [1.165, 1.54) is 29.0 Å². The molecule has 0 saturated heterocycles. The number of anilines is 1. The monoisotopic (exact) mass is 462 g/mol. The Morgan fingerprint density at radius 2 is 1.82 bits per heavy atom. The molecule has 2 aromatic carbocycles. The van der Waals surface area contributed by atoms with Crippen molar-refractivity contribution in [2.75, 3.05) is 5.32 Å². The van der Waals surface area contributed by atoms with Gasteiger partial charge in [-0.2, -0.15) is 0 Å². The maximum absolute atomic E-state index is 12.9. The topological polar surface area (TPSA) is 95.2 Å². The van der Waals surface area contributed by atoms with Crippen LogP contribution in [0.3, 0.4) is 0 Å². The summed E-state index contributed by atoms with van der Waals surface area (Å²) in [5.41, 5.74) is 1.87.